The van der Waals surface area contributed by atoms with Gasteiger partial charge in [-0.15, -0.1) is 0 Å². The van der Waals surface area contributed by atoms with Crippen molar-refractivity contribution >= 4 is 16.8 Å². The third-order valence-corrected chi connectivity index (χ3v) is 4.38. The smallest absolute Gasteiger partial charge is 0.251 e. The first-order chi connectivity index (χ1) is 11.6. The highest BCUT2D eigenvalue weighted by Gasteiger charge is 2.13. The molecular weight excluding hydrogens is 296 g/mol. The van der Waals surface area contributed by atoms with Crippen LogP contribution in [0.4, 0.5) is 0 Å². The van der Waals surface area contributed by atoms with Crippen molar-refractivity contribution in [1.82, 2.24) is 10.3 Å². The standard InChI is InChI=1S/C21H22N2O/c1-4-6-18-14(2)11-17(21(24)22-3)13-19(18)15-8-9-20-16(12-15)7-5-10-23-20/h5,7-13H,4,6H2,1-3H3,(H,22,24). The molecule has 3 heteroatoms. The second-order valence-electron chi connectivity index (χ2n) is 6.06. The number of nitrogens with zero attached hydrogens (tertiary/aromatic N) is 1. The van der Waals surface area contributed by atoms with Gasteiger partial charge in [-0.3, -0.25) is 9.78 Å². The number of aromatic nitrogens is 1. The number of nitrogens with one attached hydrogen (secondary N) is 1. The fourth-order valence-electron chi connectivity index (χ4n) is 3.18. The van der Waals surface area contributed by atoms with Crippen LogP contribution in [0.2, 0.25) is 0 Å². The summed E-state index contributed by atoms with van der Waals surface area (Å²) in [6.45, 7) is 4.27. The number of carbonyl (C=O) groups excluding carboxylic acids is 1. The second-order valence-corrected chi connectivity index (χ2v) is 6.06. The molecule has 122 valence electrons. The van der Waals surface area contributed by atoms with Gasteiger partial charge < -0.3 is 5.32 Å². The molecule has 0 aliphatic rings. The van der Waals surface area contributed by atoms with E-state index in [1.165, 1.54) is 11.1 Å². The predicted octanol–water partition coefficient (Wildman–Crippen LogP) is 4.52. The highest BCUT2D eigenvalue weighted by molar-refractivity contribution is 5.96. The van der Waals surface area contributed by atoms with Gasteiger partial charge >= 0.3 is 0 Å². The number of pyridine rings is 1. The molecule has 0 atom stereocenters. The quantitative estimate of drug-likeness (QED) is 0.768. The molecule has 0 aliphatic heterocycles. The molecule has 3 nitrogen and oxygen atoms in total. The van der Waals surface area contributed by atoms with Crippen molar-refractivity contribution in [3.05, 3.63) is 65.4 Å². The summed E-state index contributed by atoms with van der Waals surface area (Å²) in [6.07, 6.45) is 3.88. The van der Waals surface area contributed by atoms with Crippen LogP contribution in [0, 0.1) is 6.92 Å². The Labute approximate surface area is 142 Å². The minimum atomic E-state index is -0.0511. The summed E-state index contributed by atoms with van der Waals surface area (Å²) in [5.74, 6) is -0.0511. The van der Waals surface area contributed by atoms with E-state index in [1.54, 1.807) is 13.2 Å². The Morgan fingerprint density at radius 1 is 1.17 bits per heavy atom. The Morgan fingerprint density at radius 3 is 2.75 bits per heavy atom. The normalized spacial score (nSPS) is 10.8. The van der Waals surface area contributed by atoms with Crippen LogP contribution in [0.1, 0.15) is 34.8 Å². The first kappa shape index (κ1) is 16.2. The number of aryl methyl sites for hydroxylation is 1. The minimum absolute atomic E-state index is 0.0511. The molecule has 0 aliphatic carbocycles. The number of benzene rings is 2. The molecule has 0 radical (unpaired) electrons. The van der Waals surface area contributed by atoms with Crippen molar-refractivity contribution in [2.45, 2.75) is 26.7 Å². The van der Waals surface area contributed by atoms with E-state index in [2.05, 4.69) is 42.3 Å². The number of fused-ring (bicyclic) bond motifs is 1. The maximum atomic E-state index is 12.1. The molecule has 3 rings (SSSR count). The van der Waals surface area contributed by atoms with Crippen molar-refractivity contribution in [3.63, 3.8) is 0 Å². The van der Waals surface area contributed by atoms with Gasteiger partial charge in [0.05, 0.1) is 5.52 Å². The van der Waals surface area contributed by atoms with Crippen molar-refractivity contribution in [2.24, 2.45) is 0 Å². The minimum Gasteiger partial charge on any atom is -0.355 e. The van der Waals surface area contributed by atoms with Crippen LogP contribution in [0.5, 0.6) is 0 Å². The lowest BCUT2D eigenvalue weighted by atomic mass is 9.90. The summed E-state index contributed by atoms with van der Waals surface area (Å²) in [4.78, 5) is 16.5. The molecule has 0 fully saturated rings. The van der Waals surface area contributed by atoms with E-state index in [9.17, 15) is 4.79 Å². The van der Waals surface area contributed by atoms with Gasteiger partial charge in [-0.1, -0.05) is 25.5 Å². The Balaban J connectivity index is 2.22. The Morgan fingerprint density at radius 2 is 2.00 bits per heavy atom. The highest BCUT2D eigenvalue weighted by atomic mass is 16.1. The van der Waals surface area contributed by atoms with Gasteiger partial charge in [0.15, 0.2) is 0 Å². The lowest BCUT2D eigenvalue weighted by molar-refractivity contribution is 0.0963. The summed E-state index contributed by atoms with van der Waals surface area (Å²) in [6, 6.07) is 14.3. The van der Waals surface area contributed by atoms with Gasteiger partial charge in [0, 0.05) is 24.2 Å². The third kappa shape index (κ3) is 3.02. The topological polar surface area (TPSA) is 42.0 Å². The summed E-state index contributed by atoms with van der Waals surface area (Å²) >= 11 is 0. The second kappa shape index (κ2) is 6.83. The SMILES string of the molecule is CCCc1c(C)cc(C(=O)NC)cc1-c1ccc2ncccc2c1. The van der Waals surface area contributed by atoms with Crippen LogP contribution in [0.25, 0.3) is 22.0 Å². The number of hydrogen-bond donors (Lipinski definition) is 1. The van der Waals surface area contributed by atoms with E-state index in [0.717, 1.165) is 34.9 Å². The van der Waals surface area contributed by atoms with Crippen molar-refractivity contribution < 1.29 is 4.79 Å². The van der Waals surface area contributed by atoms with E-state index in [-0.39, 0.29) is 5.91 Å². The highest BCUT2D eigenvalue weighted by Crippen LogP contribution is 2.31. The molecule has 3 aromatic rings. The fraction of sp³-hybridized carbons (Fsp3) is 0.238. The van der Waals surface area contributed by atoms with Gasteiger partial charge in [-0.05, 0) is 65.9 Å². The molecule has 0 unspecified atom stereocenters. The molecule has 1 amide bonds. The van der Waals surface area contributed by atoms with Crippen LogP contribution in [-0.2, 0) is 6.42 Å². The number of amides is 1. The maximum Gasteiger partial charge on any atom is 0.251 e. The zero-order chi connectivity index (χ0) is 17.1. The molecule has 0 saturated heterocycles. The van der Waals surface area contributed by atoms with Gasteiger partial charge in [0.1, 0.15) is 0 Å². The van der Waals surface area contributed by atoms with Crippen LogP contribution >= 0.6 is 0 Å². The van der Waals surface area contributed by atoms with E-state index >= 15 is 0 Å². The Kier molecular flexibility index (Phi) is 4.61. The maximum absolute atomic E-state index is 12.1. The predicted molar refractivity (Wildman–Crippen MR) is 99.3 cm³/mol. The summed E-state index contributed by atoms with van der Waals surface area (Å²) in [7, 11) is 1.67. The van der Waals surface area contributed by atoms with Gasteiger partial charge in [0.25, 0.3) is 5.91 Å². The molecule has 1 heterocycles. The van der Waals surface area contributed by atoms with Crippen molar-refractivity contribution in [3.8, 4) is 11.1 Å². The van der Waals surface area contributed by atoms with Gasteiger partial charge in [-0.25, -0.2) is 0 Å². The average molecular weight is 318 g/mol. The van der Waals surface area contributed by atoms with Gasteiger partial charge in [0.2, 0.25) is 0 Å². The third-order valence-electron chi connectivity index (χ3n) is 4.38. The molecule has 0 saturated carbocycles. The van der Waals surface area contributed by atoms with E-state index in [4.69, 9.17) is 0 Å². The molecule has 1 N–H and O–H groups in total. The molecular formula is C21H22N2O. The lowest BCUT2D eigenvalue weighted by Crippen LogP contribution is -2.18. The van der Waals surface area contributed by atoms with E-state index < -0.39 is 0 Å². The van der Waals surface area contributed by atoms with Crippen LogP contribution in [-0.4, -0.2) is 17.9 Å². The lowest BCUT2D eigenvalue weighted by Gasteiger charge is -2.15. The fourth-order valence-corrected chi connectivity index (χ4v) is 3.18. The number of carbonyl (C=O) groups is 1. The molecule has 2 aromatic carbocycles. The Bertz CT molecular complexity index is 899. The van der Waals surface area contributed by atoms with Crippen LogP contribution < -0.4 is 5.32 Å². The van der Waals surface area contributed by atoms with Crippen molar-refractivity contribution in [1.29, 1.82) is 0 Å². The summed E-state index contributed by atoms with van der Waals surface area (Å²) in [5.41, 5.74) is 6.44. The summed E-state index contributed by atoms with van der Waals surface area (Å²) in [5, 5.41) is 3.83. The molecule has 1 aromatic heterocycles. The average Bonchev–Trinajstić information content (AvgIpc) is 2.62. The first-order valence-corrected chi connectivity index (χ1v) is 8.34. The zero-order valence-corrected chi connectivity index (χ0v) is 14.4. The van der Waals surface area contributed by atoms with Crippen LogP contribution in [0.3, 0.4) is 0 Å². The monoisotopic (exact) mass is 318 g/mol. The Hall–Kier alpha value is -2.68. The molecule has 0 spiro atoms. The zero-order valence-electron chi connectivity index (χ0n) is 14.4. The summed E-state index contributed by atoms with van der Waals surface area (Å²) < 4.78 is 0. The first-order valence-electron chi connectivity index (χ1n) is 8.34. The van der Waals surface area contributed by atoms with Crippen molar-refractivity contribution in [2.75, 3.05) is 7.05 Å². The largest absolute Gasteiger partial charge is 0.355 e. The van der Waals surface area contributed by atoms with Crippen LogP contribution in [0.15, 0.2) is 48.7 Å². The van der Waals surface area contributed by atoms with E-state index in [0.29, 0.717) is 5.56 Å². The molecule has 0 bridgehead atoms. The molecule has 24 heavy (non-hydrogen) atoms. The number of rotatable bonds is 4. The van der Waals surface area contributed by atoms with Gasteiger partial charge in [-0.2, -0.15) is 0 Å². The number of hydrogen-bond acceptors (Lipinski definition) is 2. The van der Waals surface area contributed by atoms with E-state index in [1.807, 2.05) is 24.3 Å².